The molecule has 2 aromatic rings. The van der Waals surface area contributed by atoms with Gasteiger partial charge in [0, 0.05) is 23.2 Å². The fraction of sp³-hybridized carbons (Fsp3) is 0.286. The van der Waals surface area contributed by atoms with Gasteiger partial charge in [-0.05, 0) is 49.7 Å². The van der Waals surface area contributed by atoms with Gasteiger partial charge in [0.2, 0.25) is 5.91 Å². The first-order valence-corrected chi connectivity index (χ1v) is 9.09. The molecule has 0 atom stereocenters. The van der Waals surface area contributed by atoms with Crippen molar-refractivity contribution in [1.29, 1.82) is 0 Å². The molecule has 3 rings (SSSR count). The third kappa shape index (κ3) is 5.45. The van der Waals surface area contributed by atoms with Crippen LogP contribution in [0.3, 0.4) is 0 Å². The van der Waals surface area contributed by atoms with Gasteiger partial charge in [0.05, 0.1) is 0 Å². The highest BCUT2D eigenvalue weighted by molar-refractivity contribution is 6.30. The molecule has 1 amide bonds. The van der Waals surface area contributed by atoms with Crippen molar-refractivity contribution in [3.63, 3.8) is 0 Å². The third-order valence-electron chi connectivity index (χ3n) is 4.52. The van der Waals surface area contributed by atoms with Crippen LogP contribution < -0.4 is 5.32 Å². The first kappa shape index (κ1) is 17.7. The van der Waals surface area contributed by atoms with E-state index < -0.39 is 0 Å². The average Bonchev–Trinajstić information content (AvgIpc) is 2.63. The SMILES string of the molecule is O=C(Nc1cccc(Cl)c1)C1CCN(C/C=C/c2ccccc2)CC1. The molecule has 0 radical (unpaired) electrons. The van der Waals surface area contributed by atoms with Gasteiger partial charge in [0.15, 0.2) is 0 Å². The lowest BCUT2D eigenvalue weighted by Gasteiger charge is -2.30. The predicted molar refractivity (Wildman–Crippen MR) is 105 cm³/mol. The van der Waals surface area contributed by atoms with Crippen LogP contribution in [0.2, 0.25) is 5.02 Å². The average molecular weight is 355 g/mol. The van der Waals surface area contributed by atoms with Crippen molar-refractivity contribution < 1.29 is 4.79 Å². The van der Waals surface area contributed by atoms with E-state index in [2.05, 4.69) is 34.5 Å². The van der Waals surface area contributed by atoms with Gasteiger partial charge in [-0.15, -0.1) is 0 Å². The molecule has 1 saturated heterocycles. The molecule has 2 aromatic carbocycles. The minimum atomic E-state index is 0.0772. The zero-order valence-electron chi connectivity index (χ0n) is 14.2. The van der Waals surface area contributed by atoms with Gasteiger partial charge in [-0.2, -0.15) is 0 Å². The number of carbonyl (C=O) groups excluding carboxylic acids is 1. The molecule has 1 aliphatic heterocycles. The van der Waals surface area contributed by atoms with Crippen molar-refractivity contribution in [2.45, 2.75) is 12.8 Å². The van der Waals surface area contributed by atoms with Crippen molar-refractivity contribution in [2.75, 3.05) is 25.0 Å². The lowest BCUT2D eigenvalue weighted by molar-refractivity contribution is -0.121. The van der Waals surface area contributed by atoms with Crippen LogP contribution in [0.4, 0.5) is 5.69 Å². The van der Waals surface area contributed by atoms with Gasteiger partial charge < -0.3 is 5.32 Å². The monoisotopic (exact) mass is 354 g/mol. The highest BCUT2D eigenvalue weighted by Crippen LogP contribution is 2.21. The predicted octanol–water partition coefficient (Wildman–Crippen LogP) is 4.70. The number of amides is 1. The molecule has 3 nitrogen and oxygen atoms in total. The number of likely N-dealkylation sites (tertiary alicyclic amines) is 1. The number of hydrogen-bond acceptors (Lipinski definition) is 2. The normalized spacial score (nSPS) is 16.2. The highest BCUT2D eigenvalue weighted by Gasteiger charge is 2.24. The number of halogens is 1. The van der Waals surface area contributed by atoms with Crippen LogP contribution in [-0.2, 0) is 4.79 Å². The molecule has 1 heterocycles. The Hall–Kier alpha value is -2.10. The molecule has 1 aliphatic rings. The quantitative estimate of drug-likeness (QED) is 0.843. The van der Waals surface area contributed by atoms with E-state index in [1.54, 1.807) is 12.1 Å². The zero-order chi connectivity index (χ0) is 17.5. The summed E-state index contributed by atoms with van der Waals surface area (Å²) in [5.74, 6) is 0.176. The minimum Gasteiger partial charge on any atom is -0.326 e. The van der Waals surface area contributed by atoms with Crippen molar-refractivity contribution in [3.8, 4) is 0 Å². The number of benzene rings is 2. The van der Waals surface area contributed by atoms with Crippen LogP contribution in [-0.4, -0.2) is 30.4 Å². The van der Waals surface area contributed by atoms with Crippen LogP contribution >= 0.6 is 11.6 Å². The number of piperidine rings is 1. The molecule has 4 heteroatoms. The Labute approximate surface area is 154 Å². The Morgan fingerprint density at radius 1 is 1.12 bits per heavy atom. The summed E-state index contributed by atoms with van der Waals surface area (Å²) in [5, 5.41) is 3.61. The number of rotatable bonds is 5. The molecular weight excluding hydrogens is 332 g/mol. The number of anilines is 1. The Kier molecular flexibility index (Phi) is 6.26. The minimum absolute atomic E-state index is 0.0772. The van der Waals surface area contributed by atoms with Gasteiger partial charge in [-0.1, -0.05) is 60.2 Å². The van der Waals surface area contributed by atoms with E-state index >= 15 is 0 Å². The maximum Gasteiger partial charge on any atom is 0.227 e. The van der Waals surface area contributed by atoms with E-state index in [0.717, 1.165) is 38.2 Å². The second-order valence-corrected chi connectivity index (χ2v) is 6.82. The summed E-state index contributed by atoms with van der Waals surface area (Å²) in [4.78, 5) is 14.8. The van der Waals surface area contributed by atoms with Crippen LogP contribution in [0.25, 0.3) is 6.08 Å². The molecule has 1 fully saturated rings. The summed E-state index contributed by atoms with van der Waals surface area (Å²) in [6.45, 7) is 2.83. The summed E-state index contributed by atoms with van der Waals surface area (Å²) in [7, 11) is 0. The van der Waals surface area contributed by atoms with Gasteiger partial charge in [0.25, 0.3) is 0 Å². The molecule has 0 bridgehead atoms. The molecular formula is C21H23ClN2O. The molecule has 0 aromatic heterocycles. The first-order chi connectivity index (χ1) is 12.2. The van der Waals surface area contributed by atoms with E-state index in [1.807, 2.05) is 30.3 Å². The van der Waals surface area contributed by atoms with Gasteiger partial charge >= 0.3 is 0 Å². The second kappa shape index (κ2) is 8.84. The van der Waals surface area contributed by atoms with Crippen molar-refractivity contribution in [3.05, 3.63) is 71.3 Å². The van der Waals surface area contributed by atoms with E-state index in [9.17, 15) is 4.79 Å². The number of carbonyl (C=O) groups is 1. The highest BCUT2D eigenvalue weighted by atomic mass is 35.5. The number of nitrogens with zero attached hydrogens (tertiary/aromatic N) is 1. The van der Waals surface area contributed by atoms with Crippen molar-refractivity contribution in [2.24, 2.45) is 5.92 Å². The summed E-state index contributed by atoms with van der Waals surface area (Å²) in [6, 6.07) is 17.6. The Bertz CT molecular complexity index is 722. The molecule has 1 N–H and O–H groups in total. The van der Waals surface area contributed by atoms with E-state index in [-0.39, 0.29) is 11.8 Å². The topological polar surface area (TPSA) is 32.3 Å². The number of hydrogen-bond donors (Lipinski definition) is 1. The Morgan fingerprint density at radius 3 is 2.60 bits per heavy atom. The van der Waals surface area contributed by atoms with E-state index in [4.69, 9.17) is 11.6 Å². The van der Waals surface area contributed by atoms with Crippen LogP contribution in [0.1, 0.15) is 18.4 Å². The molecule has 0 spiro atoms. The van der Waals surface area contributed by atoms with E-state index in [1.165, 1.54) is 5.56 Å². The first-order valence-electron chi connectivity index (χ1n) is 8.71. The largest absolute Gasteiger partial charge is 0.326 e. The fourth-order valence-corrected chi connectivity index (χ4v) is 3.28. The lowest BCUT2D eigenvalue weighted by Crippen LogP contribution is -2.38. The second-order valence-electron chi connectivity index (χ2n) is 6.39. The van der Waals surface area contributed by atoms with Crippen LogP contribution in [0.5, 0.6) is 0 Å². The molecule has 0 saturated carbocycles. The Balaban J connectivity index is 1.43. The van der Waals surface area contributed by atoms with Gasteiger partial charge in [0.1, 0.15) is 0 Å². The molecule has 25 heavy (non-hydrogen) atoms. The van der Waals surface area contributed by atoms with Crippen molar-refractivity contribution >= 4 is 29.3 Å². The Morgan fingerprint density at radius 2 is 1.88 bits per heavy atom. The van der Waals surface area contributed by atoms with Crippen molar-refractivity contribution in [1.82, 2.24) is 4.90 Å². The maximum absolute atomic E-state index is 12.4. The third-order valence-corrected chi connectivity index (χ3v) is 4.76. The van der Waals surface area contributed by atoms with Gasteiger partial charge in [-0.3, -0.25) is 9.69 Å². The fourth-order valence-electron chi connectivity index (χ4n) is 3.09. The maximum atomic E-state index is 12.4. The van der Waals surface area contributed by atoms with E-state index in [0.29, 0.717) is 5.02 Å². The van der Waals surface area contributed by atoms with Gasteiger partial charge in [-0.25, -0.2) is 0 Å². The van der Waals surface area contributed by atoms with Crippen LogP contribution in [0.15, 0.2) is 60.7 Å². The number of nitrogens with one attached hydrogen (secondary N) is 1. The summed E-state index contributed by atoms with van der Waals surface area (Å²) in [6.07, 6.45) is 6.14. The standard InChI is InChI=1S/C21H23ClN2O/c22-19-9-4-10-20(16-19)23-21(25)18-11-14-24(15-12-18)13-5-8-17-6-2-1-3-7-17/h1-10,16,18H,11-15H2,(H,23,25)/b8-5+. The zero-order valence-corrected chi connectivity index (χ0v) is 15.0. The molecule has 130 valence electrons. The summed E-state index contributed by atoms with van der Waals surface area (Å²) >= 11 is 5.96. The lowest BCUT2D eigenvalue weighted by atomic mass is 9.96. The smallest absolute Gasteiger partial charge is 0.227 e. The molecule has 0 aliphatic carbocycles. The summed E-state index contributed by atoms with van der Waals surface area (Å²) < 4.78 is 0. The summed E-state index contributed by atoms with van der Waals surface area (Å²) in [5.41, 5.74) is 1.99. The van der Waals surface area contributed by atoms with Crippen LogP contribution in [0, 0.1) is 5.92 Å². The molecule has 0 unspecified atom stereocenters.